The summed E-state index contributed by atoms with van der Waals surface area (Å²) in [6.45, 7) is 0. The Labute approximate surface area is 151 Å². The highest BCUT2D eigenvalue weighted by atomic mass is 35.5. The maximum absolute atomic E-state index is 12.6. The summed E-state index contributed by atoms with van der Waals surface area (Å²) in [6.07, 6.45) is 2.96. The second-order valence-corrected chi connectivity index (χ2v) is 6.63. The molecule has 5 heteroatoms. The van der Waals surface area contributed by atoms with Gasteiger partial charge < -0.3 is 4.74 Å². The molecule has 25 heavy (non-hydrogen) atoms. The summed E-state index contributed by atoms with van der Waals surface area (Å²) in [4.78, 5) is 12.6. The molecule has 0 bridgehead atoms. The van der Waals surface area contributed by atoms with E-state index in [0.29, 0.717) is 11.4 Å². The minimum absolute atomic E-state index is 0.140. The van der Waals surface area contributed by atoms with Gasteiger partial charge in [0.2, 0.25) is 0 Å². The number of ether oxygens (including phenoxy) is 1. The maximum Gasteiger partial charge on any atom is 0.166 e. The first-order valence-corrected chi connectivity index (χ1v) is 8.53. The highest BCUT2D eigenvalue weighted by molar-refractivity contribution is 6.30. The lowest BCUT2D eigenvalue weighted by atomic mass is 9.82. The fourth-order valence-corrected chi connectivity index (χ4v) is 3.48. The molecular weight excluding hydrogens is 336 g/mol. The molecule has 1 aromatic heterocycles. The summed E-state index contributed by atoms with van der Waals surface area (Å²) in [5.41, 5.74) is 3.74. The fraction of sp³-hybridized carbons (Fsp3) is 0.200. The Kier molecular flexibility index (Phi) is 4.06. The molecule has 0 unspecified atom stereocenters. The molecule has 1 atom stereocenters. The van der Waals surface area contributed by atoms with Crippen LogP contribution in [0.1, 0.15) is 34.0 Å². The van der Waals surface area contributed by atoms with E-state index in [9.17, 15) is 4.79 Å². The molecule has 0 N–H and O–H groups in total. The number of methoxy groups -OCH3 is 1. The molecule has 126 valence electrons. The molecule has 0 saturated heterocycles. The Hall–Kier alpha value is -2.59. The number of aromatic nitrogens is 2. The van der Waals surface area contributed by atoms with Gasteiger partial charge in [-0.3, -0.25) is 4.79 Å². The zero-order valence-corrected chi connectivity index (χ0v) is 14.5. The quantitative estimate of drug-likeness (QED) is 0.699. The average molecular weight is 353 g/mol. The normalized spacial score (nSPS) is 16.6. The first-order chi connectivity index (χ1) is 12.2. The molecule has 0 fully saturated rings. The van der Waals surface area contributed by atoms with E-state index in [1.807, 2.05) is 53.2 Å². The van der Waals surface area contributed by atoms with Crippen LogP contribution in [0.25, 0.3) is 5.69 Å². The van der Waals surface area contributed by atoms with Gasteiger partial charge in [0.25, 0.3) is 0 Å². The molecule has 0 spiro atoms. The van der Waals surface area contributed by atoms with Crippen LogP contribution in [0, 0.1) is 0 Å². The van der Waals surface area contributed by atoms with Crippen molar-refractivity contribution in [1.82, 2.24) is 9.78 Å². The van der Waals surface area contributed by atoms with Crippen LogP contribution in [0.15, 0.2) is 54.7 Å². The van der Waals surface area contributed by atoms with Gasteiger partial charge in [-0.2, -0.15) is 5.10 Å². The van der Waals surface area contributed by atoms with Crippen molar-refractivity contribution < 1.29 is 9.53 Å². The van der Waals surface area contributed by atoms with E-state index >= 15 is 0 Å². The predicted octanol–water partition coefficient (Wildman–Crippen LogP) is 4.45. The Morgan fingerprint density at radius 2 is 1.80 bits per heavy atom. The average Bonchev–Trinajstić information content (AvgIpc) is 3.07. The van der Waals surface area contributed by atoms with Crippen LogP contribution >= 0.6 is 11.6 Å². The molecule has 0 saturated carbocycles. The van der Waals surface area contributed by atoms with E-state index in [2.05, 4.69) is 5.10 Å². The Morgan fingerprint density at radius 1 is 1.08 bits per heavy atom. The molecular formula is C20H17ClN2O2. The van der Waals surface area contributed by atoms with Crippen LogP contribution in [0.5, 0.6) is 5.75 Å². The van der Waals surface area contributed by atoms with Crippen LogP contribution in [0.2, 0.25) is 5.02 Å². The first kappa shape index (κ1) is 15.9. The van der Waals surface area contributed by atoms with Crippen LogP contribution in [-0.4, -0.2) is 22.7 Å². The number of hydrogen-bond acceptors (Lipinski definition) is 3. The summed E-state index contributed by atoms with van der Waals surface area (Å²) in [7, 11) is 1.64. The van der Waals surface area contributed by atoms with Gasteiger partial charge in [0, 0.05) is 11.4 Å². The lowest BCUT2D eigenvalue weighted by Crippen LogP contribution is -2.20. The lowest BCUT2D eigenvalue weighted by molar-refractivity contribution is 0.0963. The third-order valence-electron chi connectivity index (χ3n) is 4.70. The highest BCUT2D eigenvalue weighted by Gasteiger charge is 2.30. The van der Waals surface area contributed by atoms with Crippen molar-refractivity contribution in [2.24, 2.45) is 0 Å². The number of carbonyl (C=O) groups excluding carboxylic acids is 1. The number of rotatable bonds is 3. The van der Waals surface area contributed by atoms with E-state index < -0.39 is 0 Å². The minimum atomic E-state index is 0.140. The molecule has 1 heterocycles. The van der Waals surface area contributed by atoms with Crippen LogP contribution in [0.3, 0.4) is 0 Å². The van der Waals surface area contributed by atoms with Crippen LogP contribution in [-0.2, 0) is 6.42 Å². The number of hydrogen-bond donors (Lipinski definition) is 0. The summed E-state index contributed by atoms with van der Waals surface area (Å²) >= 11 is 5.98. The number of halogens is 1. The zero-order chi connectivity index (χ0) is 17.4. The molecule has 0 amide bonds. The molecule has 0 aliphatic heterocycles. The highest BCUT2D eigenvalue weighted by Crippen LogP contribution is 2.34. The second kappa shape index (κ2) is 6.37. The van der Waals surface area contributed by atoms with Crippen LogP contribution < -0.4 is 4.74 Å². The van der Waals surface area contributed by atoms with Crippen LogP contribution in [0.4, 0.5) is 0 Å². The Bertz CT molecular complexity index is 914. The van der Waals surface area contributed by atoms with E-state index in [1.165, 1.54) is 0 Å². The van der Waals surface area contributed by atoms with Crippen molar-refractivity contribution in [2.75, 3.05) is 7.11 Å². The van der Waals surface area contributed by atoms with Gasteiger partial charge in [0.1, 0.15) is 5.75 Å². The van der Waals surface area contributed by atoms with E-state index in [4.69, 9.17) is 16.3 Å². The topological polar surface area (TPSA) is 44.1 Å². The monoisotopic (exact) mass is 352 g/mol. The van der Waals surface area contributed by atoms with Crippen molar-refractivity contribution in [1.29, 1.82) is 0 Å². The summed E-state index contributed by atoms with van der Waals surface area (Å²) in [5.74, 6) is 1.08. The van der Waals surface area contributed by atoms with Crippen molar-refractivity contribution >= 4 is 17.4 Å². The smallest absolute Gasteiger partial charge is 0.166 e. The number of carbonyl (C=O) groups is 1. The van der Waals surface area contributed by atoms with Crippen molar-refractivity contribution in [3.63, 3.8) is 0 Å². The van der Waals surface area contributed by atoms with Crippen molar-refractivity contribution in [2.45, 2.75) is 18.8 Å². The molecule has 0 radical (unpaired) electrons. The number of nitrogens with zero attached hydrogens (tertiary/aromatic N) is 2. The van der Waals surface area contributed by atoms with Gasteiger partial charge in [-0.1, -0.05) is 23.7 Å². The van der Waals surface area contributed by atoms with Gasteiger partial charge in [-0.25, -0.2) is 4.68 Å². The zero-order valence-electron chi connectivity index (χ0n) is 13.8. The third-order valence-corrected chi connectivity index (χ3v) is 4.95. The van der Waals surface area contributed by atoms with Gasteiger partial charge in [-0.15, -0.1) is 0 Å². The van der Waals surface area contributed by atoms with Crippen molar-refractivity contribution in [3.8, 4) is 11.4 Å². The largest absolute Gasteiger partial charge is 0.497 e. The summed E-state index contributed by atoms with van der Waals surface area (Å²) in [5, 5.41) is 5.15. The van der Waals surface area contributed by atoms with E-state index in [1.54, 1.807) is 13.3 Å². The molecule has 4 rings (SSSR count). The molecule has 4 nitrogen and oxygen atoms in total. The number of benzene rings is 2. The lowest BCUT2D eigenvalue weighted by Gasteiger charge is -2.23. The molecule has 1 aliphatic rings. The van der Waals surface area contributed by atoms with Gasteiger partial charge in [0.05, 0.1) is 30.3 Å². The Morgan fingerprint density at radius 3 is 2.48 bits per heavy atom. The van der Waals surface area contributed by atoms with Crippen molar-refractivity contribution in [3.05, 3.63) is 76.6 Å². The first-order valence-electron chi connectivity index (χ1n) is 8.15. The SMILES string of the molecule is COc1ccc(-n2ncc3c2C[C@@H](c2ccc(Cl)cc2)CC3=O)cc1. The van der Waals surface area contributed by atoms with Gasteiger partial charge in [-0.05, 0) is 54.3 Å². The Balaban J connectivity index is 1.70. The molecule has 1 aliphatic carbocycles. The van der Waals surface area contributed by atoms with Gasteiger partial charge >= 0.3 is 0 Å². The fourth-order valence-electron chi connectivity index (χ4n) is 3.36. The number of ketones is 1. The maximum atomic E-state index is 12.6. The van der Waals surface area contributed by atoms with E-state index in [-0.39, 0.29) is 11.7 Å². The number of fused-ring (bicyclic) bond motifs is 1. The van der Waals surface area contributed by atoms with E-state index in [0.717, 1.165) is 34.7 Å². The molecule has 2 aromatic carbocycles. The summed E-state index contributed by atoms with van der Waals surface area (Å²) < 4.78 is 7.06. The number of Topliss-reactive ketones (excluding diaryl/α,β-unsaturated/α-hetero) is 1. The second-order valence-electron chi connectivity index (χ2n) is 6.19. The van der Waals surface area contributed by atoms with Gasteiger partial charge in [0.15, 0.2) is 5.78 Å². The predicted molar refractivity (Wildman–Crippen MR) is 97.0 cm³/mol. The third kappa shape index (κ3) is 2.94. The minimum Gasteiger partial charge on any atom is -0.497 e. The molecule has 3 aromatic rings. The standard InChI is InChI=1S/C20H17ClN2O2/c1-25-17-8-6-16(7-9-17)23-19-10-14(11-20(24)18(19)12-22-23)13-2-4-15(21)5-3-13/h2-9,12,14H,10-11H2,1H3/t14-/m1/s1. The summed E-state index contributed by atoms with van der Waals surface area (Å²) in [6, 6.07) is 15.4.